The van der Waals surface area contributed by atoms with Crippen LogP contribution in [0.3, 0.4) is 0 Å². The lowest BCUT2D eigenvalue weighted by molar-refractivity contribution is -0.135. The lowest BCUT2D eigenvalue weighted by Gasteiger charge is -2.25. The Kier molecular flexibility index (Phi) is 4.39. The molecule has 0 bridgehead atoms. The summed E-state index contributed by atoms with van der Waals surface area (Å²) in [5, 5.41) is 15.7. The molecule has 1 aromatic carbocycles. The molecule has 1 aliphatic rings. The number of carbonyl (C=O) groups excluding carboxylic acids is 1. The molecule has 1 saturated heterocycles. The maximum absolute atomic E-state index is 11.9. The normalized spacial score (nSPS) is 22.4. The maximum Gasteiger partial charge on any atom is 0.264 e. The number of aromatic nitrogens is 1. The molecule has 0 spiro atoms. The molecule has 1 unspecified atom stereocenters. The van der Waals surface area contributed by atoms with Gasteiger partial charge in [0.2, 0.25) is 0 Å². The number of hydrogen-bond acceptors (Lipinski definition) is 7. The minimum atomic E-state index is -3.33. The van der Waals surface area contributed by atoms with E-state index < -0.39 is 21.3 Å². The molecule has 1 fully saturated rings. The Bertz CT molecular complexity index is 834. The van der Waals surface area contributed by atoms with Crippen LogP contribution in [0, 0.1) is 0 Å². The van der Waals surface area contributed by atoms with Crippen molar-refractivity contribution in [2.75, 3.05) is 11.5 Å². The fourth-order valence-corrected chi connectivity index (χ4v) is 4.68. The molecule has 2 aromatic rings. The first-order chi connectivity index (χ1) is 11.4. The molecule has 1 aliphatic heterocycles. The number of hydroxylamine groups is 1. The zero-order valence-electron chi connectivity index (χ0n) is 12.7. The van der Waals surface area contributed by atoms with Gasteiger partial charge in [-0.3, -0.25) is 15.3 Å². The summed E-state index contributed by atoms with van der Waals surface area (Å²) in [6, 6.07) is 11.1. The summed E-state index contributed by atoms with van der Waals surface area (Å²) in [4.78, 5) is 11.9. The van der Waals surface area contributed by atoms with Crippen molar-refractivity contribution < 1.29 is 22.9 Å². The van der Waals surface area contributed by atoms with E-state index >= 15 is 0 Å². The first-order valence-electron chi connectivity index (χ1n) is 7.35. The van der Waals surface area contributed by atoms with Gasteiger partial charge in [0.25, 0.3) is 5.91 Å². The van der Waals surface area contributed by atoms with Gasteiger partial charge in [0.05, 0.1) is 17.2 Å². The Balaban J connectivity index is 1.74. The Morgan fingerprint density at radius 1 is 1.33 bits per heavy atom. The minimum Gasteiger partial charge on any atom is -0.356 e. The van der Waals surface area contributed by atoms with Crippen molar-refractivity contribution in [3.8, 4) is 11.3 Å². The first kappa shape index (κ1) is 16.6. The van der Waals surface area contributed by atoms with Crippen LogP contribution in [0.2, 0.25) is 0 Å². The van der Waals surface area contributed by atoms with Gasteiger partial charge in [-0.05, 0) is 6.42 Å². The van der Waals surface area contributed by atoms with Gasteiger partial charge in [0, 0.05) is 18.2 Å². The molecule has 0 radical (unpaired) electrons. The quantitative estimate of drug-likeness (QED) is 0.529. The van der Waals surface area contributed by atoms with Crippen LogP contribution >= 0.6 is 0 Å². The molecule has 1 amide bonds. The second-order valence-electron chi connectivity index (χ2n) is 5.77. The van der Waals surface area contributed by atoms with Gasteiger partial charge < -0.3 is 4.52 Å². The van der Waals surface area contributed by atoms with E-state index in [9.17, 15) is 13.2 Å². The highest BCUT2D eigenvalue weighted by atomic mass is 32.2. The maximum atomic E-state index is 11.9. The molecule has 1 aromatic heterocycles. The van der Waals surface area contributed by atoms with Crippen LogP contribution in [0.4, 0.5) is 0 Å². The van der Waals surface area contributed by atoms with E-state index in [2.05, 4.69) is 10.5 Å². The van der Waals surface area contributed by atoms with E-state index in [-0.39, 0.29) is 24.5 Å². The van der Waals surface area contributed by atoms with Crippen LogP contribution < -0.4 is 10.8 Å². The highest BCUT2D eigenvalue weighted by molar-refractivity contribution is 7.91. The molecule has 3 rings (SSSR count). The van der Waals surface area contributed by atoms with E-state index in [1.54, 1.807) is 11.5 Å². The van der Waals surface area contributed by atoms with Crippen molar-refractivity contribution in [1.82, 2.24) is 16.0 Å². The molecule has 8 nitrogen and oxygen atoms in total. The number of sulfone groups is 1. The van der Waals surface area contributed by atoms with Crippen LogP contribution in [0.25, 0.3) is 11.3 Å². The summed E-state index contributed by atoms with van der Waals surface area (Å²) in [6.45, 7) is 0.138. The van der Waals surface area contributed by atoms with Gasteiger partial charge in [-0.2, -0.15) is 0 Å². The zero-order valence-corrected chi connectivity index (χ0v) is 13.5. The molecule has 9 heteroatoms. The summed E-state index contributed by atoms with van der Waals surface area (Å²) in [7, 11) is -3.33. The first-order valence-corrected chi connectivity index (χ1v) is 9.17. The second kappa shape index (κ2) is 6.34. The van der Waals surface area contributed by atoms with Crippen molar-refractivity contribution in [1.29, 1.82) is 0 Å². The van der Waals surface area contributed by atoms with Crippen molar-refractivity contribution in [2.24, 2.45) is 0 Å². The molecule has 3 N–H and O–H groups in total. The number of carbonyl (C=O) groups is 1. The second-order valence-corrected chi connectivity index (χ2v) is 7.95. The van der Waals surface area contributed by atoms with Crippen LogP contribution in [-0.2, 0) is 21.2 Å². The van der Waals surface area contributed by atoms with Crippen molar-refractivity contribution >= 4 is 15.7 Å². The average molecular weight is 351 g/mol. The Morgan fingerprint density at radius 2 is 2.08 bits per heavy atom. The van der Waals surface area contributed by atoms with Crippen LogP contribution in [0.15, 0.2) is 40.9 Å². The third kappa shape index (κ3) is 3.32. The van der Waals surface area contributed by atoms with Crippen LogP contribution in [0.1, 0.15) is 12.1 Å². The minimum absolute atomic E-state index is 0.0884. The van der Waals surface area contributed by atoms with Gasteiger partial charge in [-0.15, -0.1) is 0 Å². The Labute approximate surface area is 138 Å². The van der Waals surface area contributed by atoms with Gasteiger partial charge in [-0.25, -0.2) is 13.9 Å². The molecular weight excluding hydrogens is 334 g/mol. The molecule has 0 saturated carbocycles. The van der Waals surface area contributed by atoms with Crippen molar-refractivity contribution in [2.45, 2.75) is 18.5 Å². The number of benzene rings is 1. The monoisotopic (exact) mass is 351 g/mol. The SMILES string of the molecule is O=C(NO)C1(NCc2cc(-c3ccccc3)on2)CCS(=O)(=O)C1. The number of hydrogen-bond donors (Lipinski definition) is 3. The number of rotatable bonds is 5. The van der Waals surface area contributed by atoms with E-state index in [4.69, 9.17) is 9.73 Å². The Hall–Kier alpha value is -2.23. The third-order valence-electron chi connectivity index (χ3n) is 4.07. The standard InChI is InChI=1S/C15H17N3O5S/c19-14(17-20)15(6-7-24(21,22)10-15)16-9-12-8-13(23-18-12)11-4-2-1-3-5-11/h1-5,8,16,20H,6-7,9-10H2,(H,17,19). The topological polar surface area (TPSA) is 122 Å². The largest absolute Gasteiger partial charge is 0.356 e. The summed E-state index contributed by atoms with van der Waals surface area (Å²) in [6.07, 6.45) is 0.0884. The van der Waals surface area contributed by atoms with Crippen LogP contribution in [0.5, 0.6) is 0 Å². The smallest absolute Gasteiger partial charge is 0.264 e. The van der Waals surface area contributed by atoms with E-state index in [1.165, 1.54) is 0 Å². The van der Waals surface area contributed by atoms with E-state index in [1.807, 2.05) is 30.3 Å². The predicted molar refractivity (Wildman–Crippen MR) is 84.7 cm³/mol. The molecule has 1 atom stereocenters. The lowest BCUT2D eigenvalue weighted by Crippen LogP contribution is -2.57. The predicted octanol–water partition coefficient (Wildman–Crippen LogP) is 0.494. The zero-order chi connectivity index (χ0) is 17.2. The van der Waals surface area contributed by atoms with Gasteiger partial charge in [-0.1, -0.05) is 35.5 Å². The number of nitrogens with one attached hydrogen (secondary N) is 2. The van der Waals surface area contributed by atoms with Gasteiger partial charge in [0.15, 0.2) is 15.6 Å². The van der Waals surface area contributed by atoms with Crippen molar-refractivity contribution in [3.05, 3.63) is 42.1 Å². The van der Waals surface area contributed by atoms with Crippen LogP contribution in [-0.4, -0.2) is 41.7 Å². The van der Waals surface area contributed by atoms with E-state index in [0.717, 1.165) is 5.56 Å². The third-order valence-corrected chi connectivity index (χ3v) is 5.83. The van der Waals surface area contributed by atoms with Gasteiger partial charge in [0.1, 0.15) is 5.54 Å². The number of nitrogens with zero attached hydrogens (tertiary/aromatic N) is 1. The molecule has 24 heavy (non-hydrogen) atoms. The summed E-state index contributed by atoms with van der Waals surface area (Å²) in [5.41, 5.74) is 1.58. The molecule has 0 aliphatic carbocycles. The summed E-state index contributed by atoms with van der Waals surface area (Å²) >= 11 is 0. The Morgan fingerprint density at radius 3 is 2.71 bits per heavy atom. The van der Waals surface area contributed by atoms with Crippen molar-refractivity contribution in [3.63, 3.8) is 0 Å². The van der Waals surface area contributed by atoms with E-state index in [0.29, 0.717) is 11.5 Å². The summed E-state index contributed by atoms with van der Waals surface area (Å²) in [5.74, 6) is -0.667. The fourth-order valence-electron chi connectivity index (χ4n) is 2.75. The molecular formula is C15H17N3O5S. The molecule has 128 valence electrons. The average Bonchev–Trinajstić information content (AvgIpc) is 3.18. The summed E-state index contributed by atoms with van der Waals surface area (Å²) < 4.78 is 28.7. The molecule has 2 heterocycles. The highest BCUT2D eigenvalue weighted by Crippen LogP contribution is 2.25. The van der Waals surface area contributed by atoms with Gasteiger partial charge >= 0.3 is 0 Å². The fraction of sp³-hybridized carbons (Fsp3) is 0.333. The highest BCUT2D eigenvalue weighted by Gasteiger charge is 2.48. The lowest BCUT2D eigenvalue weighted by atomic mass is 9.98. The number of amides is 1.